The summed E-state index contributed by atoms with van der Waals surface area (Å²) in [6.45, 7) is 0. The molecule has 2 aromatic heterocycles. The van der Waals surface area contributed by atoms with Crippen LogP contribution in [0, 0.1) is 5.41 Å². The number of amides is 1. The van der Waals surface area contributed by atoms with E-state index in [0.717, 1.165) is 27.0 Å². The van der Waals surface area contributed by atoms with Crippen LogP contribution < -0.4 is 10.6 Å². The Morgan fingerprint density at radius 3 is 3.00 bits per heavy atom. The Labute approximate surface area is 154 Å². The maximum absolute atomic E-state index is 12.2. The van der Waals surface area contributed by atoms with Gasteiger partial charge in [-0.3, -0.25) is 9.78 Å². The number of hydrogen-bond acceptors (Lipinski definition) is 6. The minimum absolute atomic E-state index is 0.238. The van der Waals surface area contributed by atoms with E-state index in [9.17, 15) is 4.79 Å². The summed E-state index contributed by atoms with van der Waals surface area (Å²) in [4.78, 5) is 20.6. The number of carbonyl (C=O) groups is 1. The van der Waals surface area contributed by atoms with Crippen molar-refractivity contribution in [3.05, 3.63) is 65.6 Å². The third-order valence-corrected chi connectivity index (χ3v) is 4.42. The molecule has 0 unspecified atom stereocenters. The first-order chi connectivity index (χ1) is 12.7. The molecule has 3 N–H and O–H groups in total. The number of thiazole rings is 1. The van der Waals surface area contributed by atoms with Crippen molar-refractivity contribution >= 4 is 51.0 Å². The Balaban J connectivity index is 1.78. The van der Waals surface area contributed by atoms with Gasteiger partial charge in [0.2, 0.25) is 5.91 Å². The number of pyridine rings is 1. The van der Waals surface area contributed by atoms with Gasteiger partial charge in [0.15, 0.2) is 0 Å². The maximum atomic E-state index is 12.2. The molecule has 3 rings (SSSR count). The zero-order chi connectivity index (χ0) is 18.4. The van der Waals surface area contributed by atoms with Gasteiger partial charge in [-0.2, -0.15) is 0 Å². The number of allylic oxidation sites excluding steroid dienone is 1. The highest BCUT2D eigenvalue weighted by Crippen LogP contribution is 2.22. The van der Waals surface area contributed by atoms with Crippen LogP contribution in [0.4, 0.5) is 5.69 Å². The van der Waals surface area contributed by atoms with Crippen molar-refractivity contribution in [2.45, 2.75) is 0 Å². The fourth-order valence-electron chi connectivity index (χ4n) is 2.44. The summed E-state index contributed by atoms with van der Waals surface area (Å²) in [6, 6.07) is 7.41. The highest BCUT2D eigenvalue weighted by Gasteiger charge is 2.05. The predicted molar refractivity (Wildman–Crippen MR) is 107 cm³/mol. The van der Waals surface area contributed by atoms with Crippen molar-refractivity contribution in [1.82, 2.24) is 15.3 Å². The monoisotopic (exact) mass is 363 g/mol. The van der Waals surface area contributed by atoms with Gasteiger partial charge in [0.25, 0.3) is 0 Å². The second-order valence-electron chi connectivity index (χ2n) is 5.35. The molecular formula is C19H17N5OS. The lowest BCUT2D eigenvalue weighted by atomic mass is 10.0. The van der Waals surface area contributed by atoms with Crippen LogP contribution in [-0.4, -0.2) is 29.1 Å². The molecule has 1 aromatic carbocycles. The third-order valence-electron chi connectivity index (χ3n) is 3.63. The van der Waals surface area contributed by atoms with E-state index in [0.29, 0.717) is 5.57 Å². The van der Waals surface area contributed by atoms with Crippen molar-refractivity contribution in [2.75, 3.05) is 12.4 Å². The first kappa shape index (κ1) is 17.5. The second-order valence-corrected chi connectivity index (χ2v) is 6.24. The van der Waals surface area contributed by atoms with E-state index in [2.05, 4.69) is 20.6 Å². The van der Waals surface area contributed by atoms with E-state index < -0.39 is 0 Å². The zero-order valence-electron chi connectivity index (χ0n) is 14.1. The molecule has 26 heavy (non-hydrogen) atoms. The Morgan fingerprint density at radius 2 is 2.19 bits per heavy atom. The molecule has 0 radical (unpaired) electrons. The molecule has 0 saturated heterocycles. The van der Waals surface area contributed by atoms with E-state index in [1.165, 1.54) is 23.6 Å². The van der Waals surface area contributed by atoms with Crippen LogP contribution in [0.1, 0.15) is 11.1 Å². The third kappa shape index (κ3) is 4.01. The summed E-state index contributed by atoms with van der Waals surface area (Å²) in [5.41, 5.74) is 5.69. The Morgan fingerprint density at radius 1 is 1.31 bits per heavy atom. The van der Waals surface area contributed by atoms with Crippen LogP contribution in [0.25, 0.3) is 21.9 Å². The highest BCUT2D eigenvalue weighted by molar-refractivity contribution is 7.16. The van der Waals surface area contributed by atoms with E-state index in [-0.39, 0.29) is 5.91 Å². The molecule has 0 fully saturated rings. The summed E-state index contributed by atoms with van der Waals surface area (Å²) < 4.78 is 1.02. The van der Waals surface area contributed by atoms with Gasteiger partial charge >= 0.3 is 0 Å². The number of nitrogens with zero attached hydrogens (tertiary/aromatic N) is 2. The summed E-state index contributed by atoms with van der Waals surface area (Å²) in [5.74, 6) is -0.238. The van der Waals surface area contributed by atoms with E-state index in [4.69, 9.17) is 5.41 Å². The van der Waals surface area contributed by atoms with Crippen molar-refractivity contribution in [3.63, 3.8) is 0 Å². The number of aromatic nitrogens is 2. The molecule has 0 aliphatic carbocycles. The summed E-state index contributed by atoms with van der Waals surface area (Å²) in [6.07, 6.45) is 9.45. The van der Waals surface area contributed by atoms with Crippen LogP contribution in [-0.2, 0) is 4.79 Å². The lowest BCUT2D eigenvalue weighted by molar-refractivity contribution is -0.111. The summed E-state index contributed by atoms with van der Waals surface area (Å²) in [5, 5.41) is 13.3. The van der Waals surface area contributed by atoms with Crippen LogP contribution in [0.5, 0.6) is 0 Å². The molecular weight excluding hydrogens is 346 g/mol. The average molecular weight is 363 g/mol. The van der Waals surface area contributed by atoms with Gasteiger partial charge in [0.05, 0.1) is 15.7 Å². The molecule has 130 valence electrons. The van der Waals surface area contributed by atoms with Gasteiger partial charge in [0, 0.05) is 54.8 Å². The molecule has 0 aliphatic rings. The van der Waals surface area contributed by atoms with Crippen LogP contribution in [0.2, 0.25) is 0 Å². The van der Waals surface area contributed by atoms with Crippen molar-refractivity contribution in [2.24, 2.45) is 0 Å². The van der Waals surface area contributed by atoms with Crippen LogP contribution >= 0.6 is 11.3 Å². The Hall–Kier alpha value is -3.32. The predicted octanol–water partition coefficient (Wildman–Crippen LogP) is 3.55. The number of carbonyl (C=O) groups excluding carboxylic acids is 1. The van der Waals surface area contributed by atoms with Crippen molar-refractivity contribution in [1.29, 1.82) is 5.41 Å². The van der Waals surface area contributed by atoms with Crippen molar-refractivity contribution in [3.8, 4) is 0 Å². The minimum Gasteiger partial charge on any atom is -0.393 e. The normalized spacial score (nSPS) is 11.7. The fourth-order valence-corrected chi connectivity index (χ4v) is 3.15. The topological polar surface area (TPSA) is 90.8 Å². The SMILES string of the molecule is CN/C=C(\C=N)c1ccncc1/C=C/C(=O)Nc1ccc2ncsc2c1. The van der Waals surface area contributed by atoms with Gasteiger partial charge in [0.1, 0.15) is 0 Å². The summed E-state index contributed by atoms with van der Waals surface area (Å²) >= 11 is 1.53. The molecule has 7 heteroatoms. The molecule has 2 heterocycles. The average Bonchev–Trinajstić information content (AvgIpc) is 3.12. The van der Waals surface area contributed by atoms with Gasteiger partial charge in [-0.25, -0.2) is 4.98 Å². The lowest BCUT2D eigenvalue weighted by Crippen LogP contribution is -2.07. The molecule has 0 bridgehead atoms. The number of hydrogen-bond donors (Lipinski definition) is 3. The van der Waals surface area contributed by atoms with E-state index in [1.54, 1.807) is 37.2 Å². The molecule has 0 saturated carbocycles. The molecule has 0 atom stereocenters. The molecule has 0 spiro atoms. The number of anilines is 1. The van der Waals surface area contributed by atoms with E-state index in [1.807, 2.05) is 24.3 Å². The van der Waals surface area contributed by atoms with Crippen molar-refractivity contribution < 1.29 is 4.79 Å². The largest absolute Gasteiger partial charge is 0.393 e. The first-order valence-electron chi connectivity index (χ1n) is 7.86. The number of benzene rings is 1. The Kier molecular flexibility index (Phi) is 5.50. The standard InChI is InChI=1S/C19H17N5OS/c1-21-10-14(9-20)16-6-7-22-11-13(16)2-5-19(25)24-15-3-4-17-18(8-15)26-12-23-17/h2-12,20-21H,1H3,(H,24,25)/b5-2+,14-10+,20-9?. The van der Waals surface area contributed by atoms with Gasteiger partial charge in [-0.05, 0) is 35.9 Å². The lowest BCUT2D eigenvalue weighted by Gasteiger charge is -2.06. The quantitative estimate of drug-likeness (QED) is 0.461. The molecule has 3 aromatic rings. The van der Waals surface area contributed by atoms with Gasteiger partial charge < -0.3 is 16.0 Å². The Bertz CT molecular complexity index is 1010. The fraction of sp³-hybridized carbons (Fsp3) is 0.0526. The highest BCUT2D eigenvalue weighted by atomic mass is 32.1. The van der Waals surface area contributed by atoms with E-state index >= 15 is 0 Å². The molecule has 0 aliphatic heterocycles. The number of rotatable bonds is 6. The first-order valence-corrected chi connectivity index (χ1v) is 8.74. The van der Waals surface area contributed by atoms with Crippen LogP contribution in [0.3, 0.4) is 0 Å². The number of nitrogens with one attached hydrogen (secondary N) is 3. The minimum atomic E-state index is -0.238. The summed E-state index contributed by atoms with van der Waals surface area (Å²) in [7, 11) is 1.77. The smallest absolute Gasteiger partial charge is 0.248 e. The molecule has 1 amide bonds. The zero-order valence-corrected chi connectivity index (χ0v) is 14.9. The van der Waals surface area contributed by atoms with Crippen LogP contribution in [0.15, 0.2) is 54.4 Å². The van der Waals surface area contributed by atoms with Gasteiger partial charge in [-0.15, -0.1) is 11.3 Å². The maximum Gasteiger partial charge on any atom is 0.248 e. The molecule has 6 nitrogen and oxygen atoms in total. The number of fused-ring (bicyclic) bond motifs is 1. The van der Waals surface area contributed by atoms with Gasteiger partial charge in [-0.1, -0.05) is 0 Å². The second kappa shape index (κ2) is 8.17.